The normalized spacial score (nSPS) is 10.4. The summed E-state index contributed by atoms with van der Waals surface area (Å²) in [7, 11) is 0. The van der Waals surface area contributed by atoms with E-state index < -0.39 is 0 Å². The average molecular weight is 262 g/mol. The minimum atomic E-state index is -0.316. The van der Waals surface area contributed by atoms with E-state index in [0.29, 0.717) is 29.9 Å². The van der Waals surface area contributed by atoms with Gasteiger partial charge in [-0.1, -0.05) is 0 Å². The minimum absolute atomic E-state index is 0.233. The number of anilines is 1. The monoisotopic (exact) mass is 262 g/mol. The summed E-state index contributed by atoms with van der Waals surface area (Å²) in [5.74, 6) is -0.549. The van der Waals surface area contributed by atoms with Gasteiger partial charge >= 0.3 is 0 Å². The van der Waals surface area contributed by atoms with E-state index in [9.17, 15) is 9.18 Å². The fraction of sp³-hybridized carbons (Fsp3) is 0.231. The van der Waals surface area contributed by atoms with Gasteiger partial charge in [-0.2, -0.15) is 5.10 Å². The number of halogens is 1. The zero-order valence-electron chi connectivity index (χ0n) is 10.6. The number of rotatable bonds is 4. The molecule has 2 aromatic rings. The van der Waals surface area contributed by atoms with Crippen LogP contribution in [0.5, 0.6) is 0 Å². The van der Waals surface area contributed by atoms with Gasteiger partial charge in [0.1, 0.15) is 5.82 Å². The highest BCUT2D eigenvalue weighted by Crippen LogP contribution is 2.08. The second-order valence-corrected chi connectivity index (χ2v) is 4.26. The van der Waals surface area contributed by atoms with Crippen molar-refractivity contribution in [2.45, 2.75) is 13.5 Å². The molecule has 100 valence electrons. The Hall–Kier alpha value is -2.37. The van der Waals surface area contributed by atoms with E-state index in [4.69, 9.17) is 5.73 Å². The Labute approximate surface area is 110 Å². The number of nitrogens with two attached hydrogens (primary N) is 1. The molecule has 0 unspecified atom stereocenters. The van der Waals surface area contributed by atoms with E-state index in [0.717, 1.165) is 0 Å². The highest BCUT2D eigenvalue weighted by molar-refractivity contribution is 5.94. The van der Waals surface area contributed by atoms with Crippen molar-refractivity contribution in [1.82, 2.24) is 15.1 Å². The van der Waals surface area contributed by atoms with Crippen LogP contribution in [-0.2, 0) is 6.54 Å². The average Bonchev–Trinajstić information content (AvgIpc) is 2.78. The van der Waals surface area contributed by atoms with Crippen molar-refractivity contribution in [3.8, 4) is 0 Å². The van der Waals surface area contributed by atoms with Crippen molar-refractivity contribution in [2.24, 2.45) is 0 Å². The lowest BCUT2D eigenvalue weighted by Crippen LogP contribution is -2.27. The fourth-order valence-electron chi connectivity index (χ4n) is 1.67. The van der Waals surface area contributed by atoms with Crippen LogP contribution in [-0.4, -0.2) is 22.2 Å². The standard InChI is InChI=1S/C13H15FN4O/c1-9-6-10(2-3-12(9)14)13(19)16-4-5-18-8-11(15)7-17-18/h2-3,6-8H,4-5,15H2,1H3,(H,16,19). The highest BCUT2D eigenvalue weighted by Gasteiger charge is 2.07. The Morgan fingerprint density at radius 3 is 2.95 bits per heavy atom. The lowest BCUT2D eigenvalue weighted by molar-refractivity contribution is 0.0952. The number of nitrogens with zero attached hydrogens (tertiary/aromatic N) is 2. The molecule has 0 atom stereocenters. The van der Waals surface area contributed by atoms with E-state index >= 15 is 0 Å². The summed E-state index contributed by atoms with van der Waals surface area (Å²) in [6.07, 6.45) is 3.24. The number of carbonyl (C=O) groups excluding carboxylic acids is 1. The maximum atomic E-state index is 13.1. The summed E-state index contributed by atoms with van der Waals surface area (Å²) < 4.78 is 14.7. The third-order valence-corrected chi connectivity index (χ3v) is 2.70. The van der Waals surface area contributed by atoms with Gasteiger partial charge in [0.2, 0.25) is 0 Å². The van der Waals surface area contributed by atoms with Gasteiger partial charge in [-0.25, -0.2) is 4.39 Å². The van der Waals surface area contributed by atoms with Gasteiger partial charge in [0.25, 0.3) is 5.91 Å². The Morgan fingerprint density at radius 1 is 1.53 bits per heavy atom. The smallest absolute Gasteiger partial charge is 0.251 e. The van der Waals surface area contributed by atoms with E-state index in [1.54, 1.807) is 24.0 Å². The second kappa shape index (κ2) is 5.51. The molecule has 0 saturated carbocycles. The summed E-state index contributed by atoms with van der Waals surface area (Å²) in [4.78, 5) is 11.8. The molecule has 6 heteroatoms. The number of nitrogen functional groups attached to an aromatic ring is 1. The van der Waals surface area contributed by atoms with E-state index in [1.807, 2.05) is 0 Å². The predicted molar refractivity (Wildman–Crippen MR) is 70.1 cm³/mol. The molecule has 5 nitrogen and oxygen atoms in total. The molecule has 0 aliphatic heterocycles. The van der Waals surface area contributed by atoms with Crippen molar-refractivity contribution in [1.29, 1.82) is 0 Å². The van der Waals surface area contributed by atoms with Crippen LogP contribution in [0.4, 0.5) is 10.1 Å². The van der Waals surface area contributed by atoms with Crippen LogP contribution < -0.4 is 11.1 Å². The Balaban J connectivity index is 1.89. The first-order chi connectivity index (χ1) is 9.06. The van der Waals surface area contributed by atoms with Gasteiger partial charge < -0.3 is 11.1 Å². The number of aryl methyl sites for hydroxylation is 1. The summed E-state index contributed by atoms with van der Waals surface area (Å²) >= 11 is 0. The number of benzene rings is 1. The fourth-order valence-corrected chi connectivity index (χ4v) is 1.67. The van der Waals surface area contributed by atoms with Crippen LogP contribution in [0.15, 0.2) is 30.6 Å². The van der Waals surface area contributed by atoms with E-state index in [-0.39, 0.29) is 11.7 Å². The van der Waals surface area contributed by atoms with E-state index in [1.165, 1.54) is 18.2 Å². The zero-order valence-corrected chi connectivity index (χ0v) is 10.6. The lowest BCUT2D eigenvalue weighted by Gasteiger charge is -2.06. The van der Waals surface area contributed by atoms with Gasteiger partial charge in [-0.3, -0.25) is 9.48 Å². The first-order valence-corrected chi connectivity index (χ1v) is 5.88. The number of hydrogen-bond donors (Lipinski definition) is 2. The van der Waals surface area contributed by atoms with Crippen LogP contribution in [0.1, 0.15) is 15.9 Å². The molecule has 0 fully saturated rings. The van der Waals surface area contributed by atoms with Crippen LogP contribution in [0.25, 0.3) is 0 Å². The van der Waals surface area contributed by atoms with Crippen molar-refractivity contribution in [3.05, 3.63) is 47.5 Å². The Morgan fingerprint density at radius 2 is 2.32 bits per heavy atom. The third-order valence-electron chi connectivity index (χ3n) is 2.70. The molecule has 0 saturated heterocycles. The summed E-state index contributed by atoms with van der Waals surface area (Å²) in [6.45, 7) is 2.58. The predicted octanol–water partition coefficient (Wildman–Crippen LogP) is 1.34. The molecular formula is C13H15FN4O. The van der Waals surface area contributed by atoms with Crippen molar-refractivity contribution < 1.29 is 9.18 Å². The van der Waals surface area contributed by atoms with Crippen LogP contribution in [0.3, 0.4) is 0 Å². The number of hydrogen-bond acceptors (Lipinski definition) is 3. The topological polar surface area (TPSA) is 72.9 Å². The van der Waals surface area contributed by atoms with Gasteiger partial charge in [-0.05, 0) is 30.7 Å². The molecule has 1 aromatic heterocycles. The molecule has 0 bridgehead atoms. The molecule has 1 aromatic carbocycles. The molecule has 0 aliphatic carbocycles. The molecular weight excluding hydrogens is 247 g/mol. The molecule has 1 amide bonds. The maximum Gasteiger partial charge on any atom is 0.251 e. The summed E-state index contributed by atoms with van der Waals surface area (Å²) in [5, 5.41) is 6.74. The highest BCUT2D eigenvalue weighted by atomic mass is 19.1. The molecule has 3 N–H and O–H groups in total. The molecule has 0 spiro atoms. The van der Waals surface area contributed by atoms with Gasteiger partial charge in [0, 0.05) is 18.3 Å². The SMILES string of the molecule is Cc1cc(C(=O)NCCn2cc(N)cn2)ccc1F. The van der Waals surface area contributed by atoms with Gasteiger partial charge in [-0.15, -0.1) is 0 Å². The molecule has 0 aliphatic rings. The van der Waals surface area contributed by atoms with Crippen molar-refractivity contribution in [3.63, 3.8) is 0 Å². The zero-order chi connectivity index (χ0) is 13.8. The van der Waals surface area contributed by atoms with Gasteiger partial charge in [0.05, 0.1) is 18.4 Å². The van der Waals surface area contributed by atoms with Crippen molar-refractivity contribution >= 4 is 11.6 Å². The van der Waals surface area contributed by atoms with E-state index in [2.05, 4.69) is 10.4 Å². The van der Waals surface area contributed by atoms with Crippen LogP contribution in [0.2, 0.25) is 0 Å². The first-order valence-electron chi connectivity index (χ1n) is 5.88. The van der Waals surface area contributed by atoms with Gasteiger partial charge in [0.15, 0.2) is 0 Å². The summed E-state index contributed by atoms with van der Waals surface area (Å²) in [5.41, 5.74) is 7.00. The number of carbonyl (C=O) groups is 1. The van der Waals surface area contributed by atoms with Crippen LogP contribution in [0, 0.1) is 12.7 Å². The minimum Gasteiger partial charge on any atom is -0.396 e. The van der Waals surface area contributed by atoms with Crippen LogP contribution >= 0.6 is 0 Å². The Kier molecular flexibility index (Phi) is 3.79. The number of amides is 1. The molecule has 19 heavy (non-hydrogen) atoms. The number of aromatic nitrogens is 2. The molecule has 2 rings (SSSR count). The lowest BCUT2D eigenvalue weighted by atomic mass is 10.1. The maximum absolute atomic E-state index is 13.1. The molecule has 1 heterocycles. The first kappa shape index (κ1) is 13.1. The molecule has 0 radical (unpaired) electrons. The Bertz CT molecular complexity index is 594. The second-order valence-electron chi connectivity index (χ2n) is 4.26. The quantitative estimate of drug-likeness (QED) is 0.873. The largest absolute Gasteiger partial charge is 0.396 e. The third kappa shape index (κ3) is 3.31. The summed E-state index contributed by atoms with van der Waals surface area (Å²) in [6, 6.07) is 4.28. The number of nitrogens with one attached hydrogen (secondary N) is 1. The van der Waals surface area contributed by atoms with Crippen molar-refractivity contribution in [2.75, 3.05) is 12.3 Å².